The third kappa shape index (κ3) is 7.01. The Bertz CT molecular complexity index is 851. The molecule has 0 amide bonds. The monoisotopic (exact) mass is 428 g/mol. The van der Waals surface area contributed by atoms with Gasteiger partial charge >= 0.3 is 0 Å². The molecule has 0 spiro atoms. The van der Waals surface area contributed by atoms with Gasteiger partial charge in [0.1, 0.15) is 19.4 Å². The Balaban J connectivity index is 2.21. The van der Waals surface area contributed by atoms with Crippen molar-refractivity contribution in [2.45, 2.75) is 53.4 Å². The van der Waals surface area contributed by atoms with Crippen LogP contribution in [0.25, 0.3) is 11.2 Å². The first-order valence-corrected chi connectivity index (χ1v) is 11.3. The predicted molar refractivity (Wildman–Crippen MR) is 108 cm³/mol. The number of aromatic nitrogens is 4. The van der Waals surface area contributed by atoms with E-state index in [-0.39, 0.29) is 36.5 Å². The minimum Gasteiger partial charge on any atom is -0.778 e. The number of aliphatic hydroxyl groups is 1. The summed E-state index contributed by atoms with van der Waals surface area (Å²) in [6, 6.07) is 0. The molecule has 0 aliphatic rings. The van der Waals surface area contributed by atoms with Gasteiger partial charge in [-0.25, -0.2) is 15.0 Å². The number of imidazole rings is 1. The van der Waals surface area contributed by atoms with E-state index in [0.29, 0.717) is 17.6 Å². The first-order chi connectivity index (χ1) is 13.4. The number of anilines is 1. The van der Waals surface area contributed by atoms with Crippen LogP contribution in [0.4, 0.5) is 5.82 Å². The summed E-state index contributed by atoms with van der Waals surface area (Å²) in [7, 11) is -3.97. The van der Waals surface area contributed by atoms with Crippen molar-refractivity contribution in [3.63, 3.8) is 0 Å². The van der Waals surface area contributed by atoms with Gasteiger partial charge in [-0.1, -0.05) is 34.6 Å². The summed E-state index contributed by atoms with van der Waals surface area (Å²) < 4.78 is 25.0. The van der Waals surface area contributed by atoms with Crippen LogP contribution in [-0.4, -0.2) is 50.1 Å². The van der Waals surface area contributed by atoms with Crippen LogP contribution in [0.3, 0.4) is 0 Å². The first-order valence-electron chi connectivity index (χ1n) is 9.56. The smallest absolute Gasteiger partial charge is 0.167 e. The molecular weight excluding hydrogens is 397 g/mol. The molecule has 10 nitrogen and oxygen atoms in total. The van der Waals surface area contributed by atoms with Gasteiger partial charge in [-0.15, -0.1) is 0 Å². The van der Waals surface area contributed by atoms with E-state index >= 15 is 0 Å². The second-order valence-corrected chi connectivity index (χ2v) is 10.6. The summed E-state index contributed by atoms with van der Waals surface area (Å²) in [5.41, 5.74) is 6.48. The van der Waals surface area contributed by atoms with Crippen molar-refractivity contribution >= 4 is 24.6 Å². The maximum absolute atomic E-state index is 12.2. The van der Waals surface area contributed by atoms with Crippen molar-refractivity contribution in [1.29, 1.82) is 0 Å². The van der Waals surface area contributed by atoms with Crippen molar-refractivity contribution in [2.75, 3.05) is 25.1 Å². The van der Waals surface area contributed by atoms with Gasteiger partial charge in [-0.2, -0.15) is 0 Å². The molecule has 11 heteroatoms. The lowest BCUT2D eigenvalue weighted by atomic mass is 9.89. The summed E-state index contributed by atoms with van der Waals surface area (Å²) in [5, 5.41) is 9.92. The molecule has 29 heavy (non-hydrogen) atoms. The average Bonchev–Trinajstić information content (AvgIpc) is 3.00. The Morgan fingerprint density at radius 3 is 2.59 bits per heavy atom. The Hall–Kier alpha value is -1.58. The molecule has 0 aliphatic heterocycles. The van der Waals surface area contributed by atoms with Gasteiger partial charge in [0, 0.05) is 6.16 Å². The maximum Gasteiger partial charge on any atom is 0.167 e. The predicted octanol–water partition coefficient (Wildman–Crippen LogP) is 1.95. The van der Waals surface area contributed by atoms with Crippen molar-refractivity contribution in [3.8, 4) is 0 Å². The summed E-state index contributed by atoms with van der Waals surface area (Å²) >= 11 is 0. The summed E-state index contributed by atoms with van der Waals surface area (Å²) in [4.78, 5) is 24.4. The van der Waals surface area contributed by atoms with E-state index in [1.807, 2.05) is 34.6 Å². The molecule has 3 atom stereocenters. The molecule has 2 rings (SSSR count). The van der Waals surface area contributed by atoms with Gasteiger partial charge in [0.2, 0.25) is 0 Å². The van der Waals surface area contributed by atoms with Crippen LogP contribution in [0.15, 0.2) is 12.7 Å². The molecule has 0 radical (unpaired) electrons. The highest BCUT2D eigenvalue weighted by Crippen LogP contribution is 2.40. The summed E-state index contributed by atoms with van der Waals surface area (Å²) in [6.45, 7) is 9.18. The van der Waals surface area contributed by atoms with Gasteiger partial charge in [0.15, 0.2) is 17.7 Å². The van der Waals surface area contributed by atoms with Gasteiger partial charge in [0.05, 0.1) is 25.6 Å². The van der Waals surface area contributed by atoms with Crippen molar-refractivity contribution in [1.82, 2.24) is 19.5 Å². The van der Waals surface area contributed by atoms with Gasteiger partial charge in [0.25, 0.3) is 0 Å². The lowest BCUT2D eigenvalue weighted by Crippen LogP contribution is -2.31. The highest BCUT2D eigenvalue weighted by atomic mass is 31.2. The highest BCUT2D eigenvalue weighted by molar-refractivity contribution is 7.51. The normalized spacial score (nSPS) is 16.8. The second-order valence-electron chi connectivity index (χ2n) is 8.73. The van der Waals surface area contributed by atoms with Crippen molar-refractivity contribution in [3.05, 3.63) is 12.7 Å². The van der Waals surface area contributed by atoms with Crippen LogP contribution in [0.2, 0.25) is 0 Å². The maximum atomic E-state index is 12.2. The Kier molecular flexibility index (Phi) is 7.75. The van der Waals surface area contributed by atoms with Gasteiger partial charge < -0.3 is 29.6 Å². The molecule has 0 saturated carbocycles. The molecule has 2 aromatic heterocycles. The van der Waals surface area contributed by atoms with E-state index in [9.17, 15) is 14.6 Å². The molecular formula is C18H31N5O5P-. The van der Waals surface area contributed by atoms with Crippen LogP contribution >= 0.6 is 7.60 Å². The summed E-state index contributed by atoms with van der Waals surface area (Å²) in [5.74, 6) is 0.189. The molecule has 0 fully saturated rings. The molecule has 164 valence electrons. The molecule has 0 aromatic carbocycles. The molecule has 2 heterocycles. The number of ether oxygens (including phenoxy) is 1. The molecule has 3 N–H and O–H groups in total. The molecule has 1 unspecified atom stereocenters. The quantitative estimate of drug-likeness (QED) is 0.541. The van der Waals surface area contributed by atoms with E-state index in [2.05, 4.69) is 15.0 Å². The van der Waals surface area contributed by atoms with Crippen LogP contribution in [0.1, 0.15) is 47.3 Å². The number of rotatable bonds is 10. The van der Waals surface area contributed by atoms with E-state index in [1.54, 1.807) is 4.57 Å². The number of nitrogens with two attached hydrogens (primary N) is 1. The highest BCUT2D eigenvalue weighted by Gasteiger charge is 2.26. The minimum atomic E-state index is -3.97. The summed E-state index contributed by atoms with van der Waals surface area (Å²) in [6.07, 6.45) is 1.85. The zero-order chi connectivity index (χ0) is 21.8. The van der Waals surface area contributed by atoms with Gasteiger partial charge in [-0.3, -0.25) is 4.57 Å². The number of hydrogen-bond donors (Lipinski definition) is 2. The van der Waals surface area contributed by atoms with E-state index < -0.39 is 19.9 Å². The topological polar surface area (TPSA) is 148 Å². The standard InChI is InChI=1S/C18H32N5O5P/c1-12(2)9-29(25,26)27-8-13(6-18(3,4)5)28-14(7-24)23-11-22-15-16(19)20-10-21-17(15)23/h10-14,24H,6-9H2,1-5H3,(H,25,26)(H2,19,20,21)/p-1/t13-,14-/m1/s1. The molecule has 0 aliphatic carbocycles. The fourth-order valence-corrected chi connectivity index (χ4v) is 4.42. The third-order valence-corrected chi connectivity index (χ3v) is 5.81. The van der Waals surface area contributed by atoms with Crippen molar-refractivity contribution in [2.24, 2.45) is 11.3 Å². The molecule has 0 bridgehead atoms. The van der Waals surface area contributed by atoms with Crippen LogP contribution in [0, 0.1) is 11.3 Å². The number of nitrogen functional groups attached to an aromatic ring is 1. The van der Waals surface area contributed by atoms with E-state index in [0.717, 1.165) is 0 Å². The van der Waals surface area contributed by atoms with Crippen molar-refractivity contribution < 1.29 is 23.8 Å². The molecule has 2 aromatic rings. The van der Waals surface area contributed by atoms with Crippen LogP contribution < -0.4 is 10.6 Å². The van der Waals surface area contributed by atoms with Gasteiger partial charge in [-0.05, 0) is 17.8 Å². The Labute approximate surface area is 171 Å². The fourth-order valence-electron chi connectivity index (χ4n) is 3.03. The second kappa shape index (κ2) is 9.49. The Morgan fingerprint density at radius 2 is 2.00 bits per heavy atom. The Morgan fingerprint density at radius 1 is 1.31 bits per heavy atom. The van der Waals surface area contributed by atoms with Crippen LogP contribution in [0.5, 0.6) is 0 Å². The number of fused-ring (bicyclic) bond motifs is 1. The largest absolute Gasteiger partial charge is 0.778 e. The lowest BCUT2D eigenvalue weighted by molar-refractivity contribution is -0.204. The van der Waals surface area contributed by atoms with E-state index in [4.69, 9.17) is 15.0 Å². The number of aliphatic hydroxyl groups excluding tert-OH is 1. The zero-order valence-electron chi connectivity index (χ0n) is 17.6. The lowest BCUT2D eigenvalue weighted by Gasteiger charge is -2.32. The molecule has 0 saturated heterocycles. The number of hydrogen-bond acceptors (Lipinski definition) is 9. The SMILES string of the molecule is CC(C)CP(=O)([O-])OC[C@@H](CC(C)(C)C)O[C@H](CO)n1cnc2c(N)ncnc21. The number of nitrogens with zero attached hydrogens (tertiary/aromatic N) is 4. The third-order valence-electron chi connectivity index (χ3n) is 4.09. The zero-order valence-corrected chi connectivity index (χ0v) is 18.5. The van der Waals surface area contributed by atoms with E-state index in [1.165, 1.54) is 12.7 Å². The fraction of sp³-hybridized carbons (Fsp3) is 0.722. The minimum absolute atomic E-state index is 0.0343. The van der Waals surface area contributed by atoms with Crippen LogP contribution in [-0.2, 0) is 13.8 Å². The average molecular weight is 428 g/mol. The first kappa shape index (κ1) is 23.7.